The van der Waals surface area contributed by atoms with Gasteiger partial charge in [-0.25, -0.2) is 4.79 Å². The van der Waals surface area contributed by atoms with Gasteiger partial charge in [-0.2, -0.15) is 0 Å². The Morgan fingerprint density at radius 2 is 1.96 bits per heavy atom. The molecule has 0 N–H and O–H groups in total. The molecule has 0 aliphatic heterocycles. The maximum absolute atomic E-state index is 12.3. The van der Waals surface area contributed by atoms with Crippen LogP contribution in [0.15, 0.2) is 50.7 Å². The van der Waals surface area contributed by atoms with Crippen LogP contribution in [-0.4, -0.2) is 18.3 Å². The first-order chi connectivity index (χ1) is 11.2. The van der Waals surface area contributed by atoms with Crippen molar-refractivity contribution in [3.8, 4) is 0 Å². The molecule has 5 heteroatoms. The summed E-state index contributed by atoms with van der Waals surface area (Å²) in [5.41, 5.74) is 0.572. The molecule has 120 valence electrons. The van der Waals surface area contributed by atoms with Gasteiger partial charge < -0.3 is 9.15 Å². The molecule has 0 bridgehead atoms. The van der Waals surface area contributed by atoms with Gasteiger partial charge in [-0.1, -0.05) is 55.1 Å². The van der Waals surface area contributed by atoms with E-state index in [0.717, 1.165) is 5.56 Å². The maximum atomic E-state index is 12.3. The van der Waals surface area contributed by atoms with E-state index in [4.69, 9.17) is 9.15 Å². The first-order valence-corrected chi connectivity index (χ1v) is 8.35. The second-order valence-corrected chi connectivity index (χ2v) is 5.81. The van der Waals surface area contributed by atoms with E-state index >= 15 is 0 Å². The zero-order chi connectivity index (χ0) is 16.7. The molecule has 0 spiro atoms. The Kier molecular flexibility index (Phi) is 6.23. The fraction of sp³-hybridized carbons (Fsp3) is 0.222. The lowest BCUT2D eigenvalue weighted by atomic mass is 10.2. The van der Waals surface area contributed by atoms with Gasteiger partial charge in [-0.3, -0.25) is 4.79 Å². The Bertz CT molecular complexity index is 747. The van der Waals surface area contributed by atoms with Gasteiger partial charge in [0.2, 0.25) is 5.43 Å². The normalized spacial score (nSPS) is 10.9. The van der Waals surface area contributed by atoms with E-state index < -0.39 is 11.4 Å². The van der Waals surface area contributed by atoms with Crippen molar-refractivity contribution in [1.82, 2.24) is 0 Å². The van der Waals surface area contributed by atoms with Gasteiger partial charge in [0.1, 0.15) is 5.76 Å². The first kappa shape index (κ1) is 17.1. The van der Waals surface area contributed by atoms with Crippen LogP contribution >= 0.6 is 11.8 Å². The van der Waals surface area contributed by atoms with Crippen molar-refractivity contribution in [1.29, 1.82) is 0 Å². The minimum absolute atomic E-state index is 0.0319. The highest BCUT2D eigenvalue weighted by Crippen LogP contribution is 2.23. The molecule has 23 heavy (non-hydrogen) atoms. The van der Waals surface area contributed by atoms with Crippen molar-refractivity contribution in [2.24, 2.45) is 0 Å². The minimum atomic E-state index is -0.643. The quantitative estimate of drug-likeness (QED) is 0.589. The largest absolute Gasteiger partial charge is 0.462 e. The van der Waals surface area contributed by atoms with Crippen LogP contribution in [0.3, 0.4) is 0 Å². The van der Waals surface area contributed by atoms with Gasteiger partial charge in [0.05, 0.1) is 6.61 Å². The third-order valence-corrected chi connectivity index (χ3v) is 3.77. The summed E-state index contributed by atoms with van der Waals surface area (Å²) in [5.74, 6) is 0.444. The summed E-state index contributed by atoms with van der Waals surface area (Å²) in [6.07, 6.45) is 3.56. The average Bonchev–Trinajstić information content (AvgIpc) is 2.54. The van der Waals surface area contributed by atoms with Gasteiger partial charge in [0.15, 0.2) is 10.7 Å². The van der Waals surface area contributed by atoms with Crippen molar-refractivity contribution < 1.29 is 13.9 Å². The van der Waals surface area contributed by atoms with Gasteiger partial charge >= 0.3 is 5.97 Å². The molecule has 0 aliphatic carbocycles. The molecule has 0 unspecified atom stereocenters. The molecule has 0 fully saturated rings. The number of benzene rings is 1. The Balaban J connectivity index is 2.38. The van der Waals surface area contributed by atoms with Crippen LogP contribution in [0.4, 0.5) is 0 Å². The molecule has 0 atom stereocenters. The van der Waals surface area contributed by atoms with Gasteiger partial charge in [-0.15, -0.1) is 0 Å². The van der Waals surface area contributed by atoms with E-state index in [2.05, 4.69) is 0 Å². The van der Waals surface area contributed by atoms with E-state index in [1.807, 2.05) is 43.3 Å². The third kappa shape index (κ3) is 4.60. The average molecular weight is 330 g/mol. The molecule has 0 aliphatic rings. The van der Waals surface area contributed by atoms with E-state index in [-0.39, 0.29) is 12.2 Å². The molecule has 4 nitrogen and oxygen atoms in total. The molecule has 0 saturated carbocycles. The lowest BCUT2D eigenvalue weighted by Gasteiger charge is -2.07. The number of ether oxygens (including phenoxy) is 1. The predicted octanol–water partition coefficient (Wildman–Crippen LogP) is 4.10. The Morgan fingerprint density at radius 1 is 1.22 bits per heavy atom. The second-order valence-electron chi connectivity index (χ2n) is 4.57. The number of carbonyl (C=O) groups excluding carboxylic acids is 1. The van der Waals surface area contributed by atoms with Crippen LogP contribution in [0.5, 0.6) is 0 Å². The van der Waals surface area contributed by atoms with E-state index in [1.54, 1.807) is 13.0 Å². The summed E-state index contributed by atoms with van der Waals surface area (Å²) < 4.78 is 10.6. The van der Waals surface area contributed by atoms with Crippen LogP contribution < -0.4 is 5.43 Å². The van der Waals surface area contributed by atoms with Gasteiger partial charge in [0.25, 0.3) is 0 Å². The summed E-state index contributed by atoms with van der Waals surface area (Å²) in [6, 6.07) is 11.0. The first-order valence-electron chi connectivity index (χ1n) is 7.37. The van der Waals surface area contributed by atoms with Crippen LogP contribution in [0.1, 0.15) is 35.5 Å². The Morgan fingerprint density at radius 3 is 2.61 bits per heavy atom. The highest BCUT2D eigenvalue weighted by molar-refractivity contribution is 7.99. The van der Waals surface area contributed by atoms with Crippen LogP contribution in [0.2, 0.25) is 0 Å². The Labute approximate surface area is 139 Å². The van der Waals surface area contributed by atoms with Crippen molar-refractivity contribution in [3.05, 3.63) is 63.5 Å². The third-order valence-electron chi connectivity index (χ3n) is 2.93. The molecule has 0 radical (unpaired) electrons. The van der Waals surface area contributed by atoms with E-state index in [1.165, 1.54) is 17.8 Å². The predicted molar refractivity (Wildman–Crippen MR) is 92.7 cm³/mol. The van der Waals surface area contributed by atoms with E-state index in [9.17, 15) is 9.59 Å². The van der Waals surface area contributed by atoms with Crippen molar-refractivity contribution >= 4 is 29.9 Å². The molecule has 2 rings (SSSR count). The second kappa shape index (κ2) is 8.39. The van der Waals surface area contributed by atoms with Crippen molar-refractivity contribution in [2.45, 2.75) is 18.9 Å². The lowest BCUT2D eigenvalue weighted by Crippen LogP contribution is -2.18. The molecule has 1 aromatic carbocycles. The SMILES string of the molecule is CCOC(=O)c1c(SCC)oc(/C=C/c2ccccc2)cc1=O. The molecule has 1 heterocycles. The summed E-state index contributed by atoms with van der Waals surface area (Å²) in [6.45, 7) is 3.83. The smallest absolute Gasteiger partial charge is 0.346 e. The number of esters is 1. The molecular formula is C18H18O4S. The highest BCUT2D eigenvalue weighted by atomic mass is 32.2. The number of carbonyl (C=O) groups is 1. The number of hydrogen-bond acceptors (Lipinski definition) is 5. The summed E-state index contributed by atoms with van der Waals surface area (Å²) in [7, 11) is 0. The zero-order valence-corrected chi connectivity index (χ0v) is 13.9. The maximum Gasteiger partial charge on any atom is 0.346 e. The fourth-order valence-electron chi connectivity index (χ4n) is 1.93. The van der Waals surface area contributed by atoms with Gasteiger partial charge in [0, 0.05) is 6.07 Å². The number of hydrogen-bond donors (Lipinski definition) is 0. The molecular weight excluding hydrogens is 312 g/mol. The molecule has 0 saturated heterocycles. The van der Waals surface area contributed by atoms with Crippen molar-refractivity contribution in [2.75, 3.05) is 12.4 Å². The summed E-state index contributed by atoms with van der Waals surface area (Å²) >= 11 is 1.30. The minimum Gasteiger partial charge on any atom is -0.462 e. The highest BCUT2D eigenvalue weighted by Gasteiger charge is 2.20. The van der Waals surface area contributed by atoms with Crippen LogP contribution in [0.25, 0.3) is 12.2 Å². The Hall–Kier alpha value is -2.27. The van der Waals surface area contributed by atoms with E-state index in [0.29, 0.717) is 16.6 Å². The van der Waals surface area contributed by atoms with Crippen LogP contribution in [0, 0.1) is 0 Å². The molecule has 2 aromatic rings. The van der Waals surface area contributed by atoms with Gasteiger partial charge in [-0.05, 0) is 24.3 Å². The number of rotatable bonds is 6. The van der Waals surface area contributed by atoms with Crippen LogP contribution in [-0.2, 0) is 4.74 Å². The number of thioether (sulfide) groups is 1. The standard InChI is InChI=1S/C18H18O4S/c1-3-21-17(20)16-15(19)12-14(22-18(16)23-4-2)11-10-13-8-6-5-7-9-13/h5-12H,3-4H2,1-2H3/b11-10+. The van der Waals surface area contributed by atoms with Crippen molar-refractivity contribution in [3.63, 3.8) is 0 Å². The fourth-order valence-corrected chi connectivity index (χ4v) is 2.68. The monoisotopic (exact) mass is 330 g/mol. The zero-order valence-electron chi connectivity index (χ0n) is 13.1. The summed E-state index contributed by atoms with van der Waals surface area (Å²) in [4.78, 5) is 24.2. The molecule has 1 aromatic heterocycles. The summed E-state index contributed by atoms with van der Waals surface area (Å²) in [5, 5.41) is 0.297. The topological polar surface area (TPSA) is 56.5 Å². The lowest BCUT2D eigenvalue weighted by molar-refractivity contribution is 0.0514. The molecule has 0 amide bonds.